The van der Waals surface area contributed by atoms with E-state index in [2.05, 4.69) is 46.2 Å². The van der Waals surface area contributed by atoms with Crippen molar-refractivity contribution in [3.8, 4) is 0 Å². The first kappa shape index (κ1) is 18.5. The second-order valence-corrected chi connectivity index (χ2v) is 7.10. The molecule has 3 rings (SSSR count). The fraction of sp³-hybridized carbons (Fsp3) is 0.526. The molecule has 1 atom stereocenters. The monoisotopic (exact) mass is 356 g/mol. The molecule has 2 heterocycles. The highest BCUT2D eigenvalue weighted by atomic mass is 16.2. The number of nitrogens with zero attached hydrogens (tertiary/aromatic N) is 6. The van der Waals surface area contributed by atoms with Crippen LogP contribution in [0.1, 0.15) is 17.2 Å². The van der Waals surface area contributed by atoms with Crippen LogP contribution in [-0.2, 0) is 11.3 Å². The van der Waals surface area contributed by atoms with Crippen molar-refractivity contribution >= 4 is 5.91 Å². The molecule has 1 aliphatic rings. The van der Waals surface area contributed by atoms with Gasteiger partial charge >= 0.3 is 0 Å². The van der Waals surface area contributed by atoms with Crippen LogP contribution in [0.2, 0.25) is 0 Å². The van der Waals surface area contributed by atoms with Gasteiger partial charge < -0.3 is 4.90 Å². The Hall–Kier alpha value is -2.25. The van der Waals surface area contributed by atoms with Gasteiger partial charge in [0.25, 0.3) is 0 Å². The summed E-state index contributed by atoms with van der Waals surface area (Å²) in [4.78, 5) is 23.5. The maximum atomic E-state index is 13.1. The second-order valence-electron chi connectivity index (χ2n) is 7.10. The fourth-order valence-corrected chi connectivity index (χ4v) is 3.37. The largest absolute Gasteiger partial charge is 0.338 e. The summed E-state index contributed by atoms with van der Waals surface area (Å²) in [7, 11) is 3.94. The van der Waals surface area contributed by atoms with Crippen LogP contribution >= 0.6 is 0 Å². The summed E-state index contributed by atoms with van der Waals surface area (Å²) >= 11 is 0. The summed E-state index contributed by atoms with van der Waals surface area (Å²) in [6.45, 7) is 7.16. The number of carbonyl (C=O) groups is 1. The third kappa shape index (κ3) is 4.47. The molecule has 2 aromatic rings. The van der Waals surface area contributed by atoms with Crippen LogP contribution in [0.3, 0.4) is 0 Å². The number of rotatable bonds is 6. The highest BCUT2D eigenvalue weighted by Gasteiger charge is 2.29. The molecule has 0 aliphatic carbocycles. The predicted molar refractivity (Wildman–Crippen MR) is 101 cm³/mol. The molecule has 0 radical (unpaired) electrons. The van der Waals surface area contributed by atoms with Crippen molar-refractivity contribution in [2.24, 2.45) is 0 Å². The summed E-state index contributed by atoms with van der Waals surface area (Å²) in [6.07, 6.45) is 3.30. The second kappa shape index (κ2) is 8.42. The van der Waals surface area contributed by atoms with Crippen LogP contribution < -0.4 is 0 Å². The Morgan fingerprint density at radius 2 is 1.81 bits per heavy atom. The van der Waals surface area contributed by atoms with E-state index in [0.717, 1.165) is 44.8 Å². The van der Waals surface area contributed by atoms with Crippen molar-refractivity contribution in [1.29, 1.82) is 0 Å². The van der Waals surface area contributed by atoms with Crippen molar-refractivity contribution in [2.45, 2.75) is 19.5 Å². The molecule has 0 saturated carbocycles. The molecule has 1 saturated heterocycles. The lowest BCUT2D eigenvalue weighted by Crippen LogP contribution is -2.51. The summed E-state index contributed by atoms with van der Waals surface area (Å²) in [6, 6.07) is 8.04. The Kier molecular flexibility index (Phi) is 6.00. The van der Waals surface area contributed by atoms with Gasteiger partial charge in [0.15, 0.2) is 0 Å². The average Bonchev–Trinajstić information content (AvgIpc) is 3.15. The van der Waals surface area contributed by atoms with Crippen molar-refractivity contribution in [2.75, 3.05) is 46.8 Å². The molecular formula is C19H28N6O. The first-order valence-electron chi connectivity index (χ1n) is 9.11. The molecule has 0 N–H and O–H groups in total. The first-order chi connectivity index (χ1) is 12.5. The molecule has 1 aromatic heterocycles. The van der Waals surface area contributed by atoms with E-state index in [1.807, 2.05) is 28.6 Å². The van der Waals surface area contributed by atoms with Crippen molar-refractivity contribution < 1.29 is 4.79 Å². The number of likely N-dealkylation sites (N-methyl/N-ethyl adjacent to an activating group) is 1. The van der Waals surface area contributed by atoms with Gasteiger partial charge in [-0.05, 0) is 26.6 Å². The molecule has 7 heteroatoms. The molecule has 1 unspecified atom stereocenters. The maximum Gasteiger partial charge on any atom is 0.244 e. The van der Waals surface area contributed by atoms with Gasteiger partial charge in [-0.15, -0.1) is 0 Å². The van der Waals surface area contributed by atoms with Gasteiger partial charge in [-0.3, -0.25) is 19.3 Å². The first-order valence-corrected chi connectivity index (χ1v) is 9.11. The topological polar surface area (TPSA) is 57.5 Å². The number of carbonyl (C=O) groups excluding carboxylic acids is 1. The van der Waals surface area contributed by atoms with Crippen LogP contribution in [0, 0.1) is 6.92 Å². The van der Waals surface area contributed by atoms with Crippen molar-refractivity contribution in [3.63, 3.8) is 0 Å². The Bertz CT molecular complexity index is 689. The smallest absolute Gasteiger partial charge is 0.244 e. The summed E-state index contributed by atoms with van der Waals surface area (Å²) in [5.41, 5.74) is 2.26. The van der Waals surface area contributed by atoms with Crippen LogP contribution in [0.25, 0.3) is 0 Å². The molecule has 0 bridgehead atoms. The molecule has 0 spiro atoms. The Morgan fingerprint density at radius 1 is 1.12 bits per heavy atom. The minimum atomic E-state index is -0.225. The average molecular weight is 356 g/mol. The minimum Gasteiger partial charge on any atom is -0.338 e. The highest BCUT2D eigenvalue weighted by Crippen LogP contribution is 2.22. The molecule has 1 amide bonds. The third-order valence-corrected chi connectivity index (χ3v) is 4.94. The van der Waals surface area contributed by atoms with E-state index >= 15 is 0 Å². The Balaban J connectivity index is 1.56. The normalized spacial score (nSPS) is 16.8. The molecule has 1 aliphatic heterocycles. The third-order valence-electron chi connectivity index (χ3n) is 4.94. The SMILES string of the molecule is Cc1ccc(C(C(=O)N2CCN(CCn3cncn3)CC2)N(C)C)cc1. The minimum absolute atomic E-state index is 0.190. The highest BCUT2D eigenvalue weighted by molar-refractivity contribution is 5.83. The van der Waals surface area contributed by atoms with E-state index in [-0.39, 0.29) is 11.9 Å². The van der Waals surface area contributed by atoms with E-state index in [9.17, 15) is 4.79 Å². The van der Waals surface area contributed by atoms with Gasteiger partial charge in [-0.25, -0.2) is 4.98 Å². The van der Waals surface area contributed by atoms with Gasteiger partial charge in [-0.1, -0.05) is 29.8 Å². The lowest BCUT2D eigenvalue weighted by Gasteiger charge is -2.37. The standard InChI is InChI=1S/C19H28N6O/c1-16-4-6-17(7-5-16)18(22(2)3)19(26)24-11-8-23(9-12-24)10-13-25-15-20-14-21-25/h4-7,14-15,18H,8-13H2,1-3H3. The number of hydrogen-bond acceptors (Lipinski definition) is 5. The predicted octanol–water partition coefficient (Wildman–Crippen LogP) is 1.03. The molecule has 1 fully saturated rings. The zero-order chi connectivity index (χ0) is 18.5. The van der Waals surface area contributed by atoms with Gasteiger partial charge in [0.05, 0.1) is 6.54 Å². The molecule has 140 valence electrons. The Morgan fingerprint density at radius 3 is 2.38 bits per heavy atom. The molecular weight excluding hydrogens is 328 g/mol. The number of aryl methyl sites for hydroxylation is 1. The van der Waals surface area contributed by atoms with Crippen LogP contribution in [0.15, 0.2) is 36.9 Å². The molecule has 7 nitrogen and oxygen atoms in total. The lowest BCUT2D eigenvalue weighted by atomic mass is 10.0. The van der Waals surface area contributed by atoms with E-state index < -0.39 is 0 Å². The van der Waals surface area contributed by atoms with Crippen LogP contribution in [0.4, 0.5) is 0 Å². The van der Waals surface area contributed by atoms with E-state index in [4.69, 9.17) is 0 Å². The summed E-state index contributed by atoms with van der Waals surface area (Å²) < 4.78 is 1.84. The van der Waals surface area contributed by atoms with Crippen molar-refractivity contribution in [1.82, 2.24) is 29.5 Å². The van der Waals surface area contributed by atoms with E-state index in [1.165, 1.54) is 5.56 Å². The quantitative estimate of drug-likeness (QED) is 0.774. The number of piperazine rings is 1. The maximum absolute atomic E-state index is 13.1. The summed E-state index contributed by atoms with van der Waals surface area (Å²) in [5.74, 6) is 0.190. The zero-order valence-electron chi connectivity index (χ0n) is 15.9. The van der Waals surface area contributed by atoms with Gasteiger partial charge in [-0.2, -0.15) is 5.10 Å². The lowest BCUT2D eigenvalue weighted by molar-refractivity contribution is -0.138. The van der Waals surface area contributed by atoms with E-state index in [0.29, 0.717) is 0 Å². The van der Waals surface area contributed by atoms with Gasteiger partial charge in [0.2, 0.25) is 5.91 Å². The van der Waals surface area contributed by atoms with Crippen LogP contribution in [-0.4, -0.2) is 82.2 Å². The number of amides is 1. The number of hydrogen-bond donors (Lipinski definition) is 0. The van der Waals surface area contributed by atoms with Gasteiger partial charge in [0, 0.05) is 32.7 Å². The van der Waals surface area contributed by atoms with Crippen LogP contribution in [0.5, 0.6) is 0 Å². The fourth-order valence-electron chi connectivity index (χ4n) is 3.37. The van der Waals surface area contributed by atoms with E-state index in [1.54, 1.807) is 12.7 Å². The molecule has 26 heavy (non-hydrogen) atoms. The van der Waals surface area contributed by atoms with Gasteiger partial charge in [0.1, 0.15) is 18.7 Å². The Labute approximate surface area is 155 Å². The summed E-state index contributed by atoms with van der Waals surface area (Å²) in [5, 5.41) is 4.13. The zero-order valence-corrected chi connectivity index (χ0v) is 15.9. The number of aromatic nitrogens is 3. The number of benzene rings is 1. The molecule has 1 aromatic carbocycles. The van der Waals surface area contributed by atoms with Crippen molar-refractivity contribution in [3.05, 3.63) is 48.0 Å².